The Morgan fingerprint density at radius 3 is 2.47 bits per heavy atom. The third kappa shape index (κ3) is 3.19. The molecule has 17 heavy (non-hydrogen) atoms. The normalized spacial score (nSPS) is 14.2. The molecule has 3 N–H and O–H groups in total. The van der Waals surface area contributed by atoms with Crippen LogP contribution in [-0.2, 0) is 17.1 Å². The molecule has 1 heterocycles. The van der Waals surface area contributed by atoms with E-state index in [9.17, 15) is 8.42 Å². The van der Waals surface area contributed by atoms with Crippen LogP contribution in [0.1, 0.15) is 27.2 Å². The molecular weight excluding hydrogens is 240 g/mol. The highest BCUT2D eigenvalue weighted by atomic mass is 32.2. The average Bonchev–Trinajstić information content (AvgIpc) is 2.54. The van der Waals surface area contributed by atoms with Gasteiger partial charge in [-0.15, -0.1) is 0 Å². The molecule has 0 radical (unpaired) electrons. The Hall–Kier alpha value is -1.08. The van der Waals surface area contributed by atoms with Crippen LogP contribution in [0.15, 0.2) is 11.1 Å². The van der Waals surface area contributed by atoms with Gasteiger partial charge in [0.2, 0.25) is 10.0 Å². The summed E-state index contributed by atoms with van der Waals surface area (Å²) in [6, 6.07) is -0.0976. The van der Waals surface area contributed by atoms with Crippen molar-refractivity contribution in [3.05, 3.63) is 6.20 Å². The van der Waals surface area contributed by atoms with E-state index in [1.165, 1.54) is 10.9 Å². The number of hydrogen-bond acceptors (Lipinski definition) is 4. The van der Waals surface area contributed by atoms with Crippen molar-refractivity contribution >= 4 is 15.8 Å². The van der Waals surface area contributed by atoms with E-state index >= 15 is 0 Å². The predicted octanol–water partition coefficient (Wildman–Crippen LogP) is 0.715. The van der Waals surface area contributed by atoms with E-state index in [1.807, 2.05) is 20.8 Å². The molecule has 7 heteroatoms. The molecule has 98 valence electrons. The molecule has 0 saturated heterocycles. The van der Waals surface area contributed by atoms with Crippen LogP contribution in [0.5, 0.6) is 0 Å². The second-order valence-corrected chi connectivity index (χ2v) is 6.11. The minimum atomic E-state index is -3.58. The number of nitrogens with one attached hydrogen (secondary N) is 1. The van der Waals surface area contributed by atoms with Crippen LogP contribution in [-0.4, -0.2) is 24.2 Å². The smallest absolute Gasteiger partial charge is 0.246 e. The minimum absolute atomic E-state index is 0.0265. The molecule has 6 nitrogen and oxygen atoms in total. The SMILES string of the molecule is CCC(NS(=O)(=O)c1cn(C)nc1N)C(C)C. The van der Waals surface area contributed by atoms with Crippen molar-refractivity contribution in [2.24, 2.45) is 13.0 Å². The van der Waals surface area contributed by atoms with Crippen LogP contribution in [0.2, 0.25) is 0 Å². The number of nitrogens with two attached hydrogens (primary N) is 1. The van der Waals surface area contributed by atoms with Gasteiger partial charge >= 0.3 is 0 Å². The van der Waals surface area contributed by atoms with Crippen LogP contribution < -0.4 is 10.5 Å². The summed E-state index contributed by atoms with van der Waals surface area (Å²) in [4.78, 5) is 0.0408. The molecule has 0 aliphatic rings. The van der Waals surface area contributed by atoms with Gasteiger partial charge in [0.05, 0.1) is 0 Å². The topological polar surface area (TPSA) is 90.0 Å². The standard InChI is InChI=1S/C10H20N4O2S/c1-5-8(7(2)3)13-17(15,16)9-6-14(4)12-10(9)11/h6-8,13H,5H2,1-4H3,(H2,11,12). The third-order valence-corrected chi connectivity index (χ3v) is 4.17. The largest absolute Gasteiger partial charge is 0.381 e. The lowest BCUT2D eigenvalue weighted by Crippen LogP contribution is -2.38. The summed E-state index contributed by atoms with van der Waals surface area (Å²) in [5, 5.41) is 3.83. The first-order chi connectivity index (χ1) is 7.77. The van der Waals surface area contributed by atoms with Gasteiger partial charge in [-0.1, -0.05) is 20.8 Å². The highest BCUT2D eigenvalue weighted by Gasteiger charge is 2.24. The van der Waals surface area contributed by atoms with Gasteiger partial charge in [0.1, 0.15) is 4.90 Å². The van der Waals surface area contributed by atoms with Crippen LogP contribution in [0.25, 0.3) is 0 Å². The lowest BCUT2D eigenvalue weighted by Gasteiger charge is -2.20. The Bertz CT molecular complexity index is 478. The van der Waals surface area contributed by atoms with Gasteiger partial charge in [-0.05, 0) is 12.3 Å². The summed E-state index contributed by atoms with van der Waals surface area (Å²) >= 11 is 0. The summed E-state index contributed by atoms with van der Waals surface area (Å²) in [6.07, 6.45) is 2.14. The number of aryl methyl sites for hydroxylation is 1. The first kappa shape index (κ1) is 14.0. The molecule has 0 saturated carbocycles. The number of nitrogens with zero attached hydrogens (tertiary/aromatic N) is 2. The zero-order valence-electron chi connectivity index (χ0n) is 10.6. The number of nitrogen functional groups attached to an aromatic ring is 1. The second kappa shape index (κ2) is 5.05. The fraction of sp³-hybridized carbons (Fsp3) is 0.700. The number of aromatic nitrogens is 2. The zero-order valence-corrected chi connectivity index (χ0v) is 11.5. The van der Waals surface area contributed by atoms with E-state index in [1.54, 1.807) is 7.05 Å². The maximum absolute atomic E-state index is 12.1. The Kier molecular flexibility index (Phi) is 4.16. The van der Waals surface area contributed by atoms with Gasteiger partial charge in [0, 0.05) is 19.3 Å². The number of rotatable bonds is 5. The summed E-state index contributed by atoms with van der Waals surface area (Å²) < 4.78 is 28.2. The molecule has 1 rings (SSSR count). The monoisotopic (exact) mass is 260 g/mol. The zero-order chi connectivity index (χ0) is 13.2. The molecule has 0 aliphatic heterocycles. The van der Waals surface area contributed by atoms with Crippen LogP contribution in [0, 0.1) is 5.92 Å². The summed E-state index contributed by atoms with van der Waals surface area (Å²) in [5.74, 6) is 0.256. The molecule has 1 aromatic heterocycles. The molecule has 1 unspecified atom stereocenters. The molecule has 1 atom stereocenters. The number of hydrogen-bond donors (Lipinski definition) is 2. The quantitative estimate of drug-likeness (QED) is 0.816. The van der Waals surface area contributed by atoms with Crippen molar-refractivity contribution in [3.8, 4) is 0 Å². The van der Waals surface area contributed by atoms with Crippen molar-refractivity contribution < 1.29 is 8.42 Å². The van der Waals surface area contributed by atoms with Gasteiger partial charge in [-0.2, -0.15) is 5.10 Å². The fourth-order valence-electron chi connectivity index (χ4n) is 1.64. The van der Waals surface area contributed by atoms with E-state index in [0.29, 0.717) is 0 Å². The summed E-state index contributed by atoms with van der Waals surface area (Å²) in [5.41, 5.74) is 5.57. The molecular formula is C10H20N4O2S. The highest BCUT2D eigenvalue weighted by Crippen LogP contribution is 2.17. The first-order valence-corrected chi connectivity index (χ1v) is 7.07. The summed E-state index contributed by atoms with van der Waals surface area (Å²) in [6.45, 7) is 5.90. The summed E-state index contributed by atoms with van der Waals surface area (Å²) in [7, 11) is -1.95. The van der Waals surface area contributed by atoms with Gasteiger partial charge in [0.15, 0.2) is 5.82 Å². The minimum Gasteiger partial charge on any atom is -0.381 e. The van der Waals surface area contributed by atoms with Gasteiger partial charge in [0.25, 0.3) is 0 Å². The van der Waals surface area contributed by atoms with Gasteiger partial charge in [-0.3, -0.25) is 4.68 Å². The van der Waals surface area contributed by atoms with E-state index in [0.717, 1.165) is 6.42 Å². The van der Waals surface area contributed by atoms with Crippen molar-refractivity contribution in [1.29, 1.82) is 0 Å². The third-order valence-electron chi connectivity index (χ3n) is 2.66. The van der Waals surface area contributed by atoms with Crippen LogP contribution >= 0.6 is 0 Å². The molecule has 0 aliphatic carbocycles. The predicted molar refractivity (Wildman–Crippen MR) is 66.9 cm³/mol. The molecule has 1 aromatic rings. The highest BCUT2D eigenvalue weighted by molar-refractivity contribution is 7.89. The molecule has 0 bridgehead atoms. The molecule has 0 spiro atoms. The lowest BCUT2D eigenvalue weighted by atomic mass is 10.0. The second-order valence-electron chi connectivity index (χ2n) is 4.43. The fourth-order valence-corrected chi connectivity index (χ4v) is 3.22. The lowest BCUT2D eigenvalue weighted by molar-refractivity contribution is 0.437. The van der Waals surface area contributed by atoms with E-state index in [-0.39, 0.29) is 22.7 Å². The van der Waals surface area contributed by atoms with E-state index in [2.05, 4.69) is 9.82 Å². The van der Waals surface area contributed by atoms with Crippen molar-refractivity contribution in [2.45, 2.75) is 38.1 Å². The van der Waals surface area contributed by atoms with E-state index < -0.39 is 10.0 Å². The number of anilines is 1. The van der Waals surface area contributed by atoms with Crippen molar-refractivity contribution in [1.82, 2.24) is 14.5 Å². The Balaban J connectivity index is 3.00. The van der Waals surface area contributed by atoms with Gasteiger partial charge in [-0.25, -0.2) is 13.1 Å². The van der Waals surface area contributed by atoms with Crippen LogP contribution in [0.3, 0.4) is 0 Å². The first-order valence-electron chi connectivity index (χ1n) is 5.59. The van der Waals surface area contributed by atoms with E-state index in [4.69, 9.17) is 5.73 Å². The average molecular weight is 260 g/mol. The Labute approximate surface area is 102 Å². The maximum atomic E-state index is 12.1. The maximum Gasteiger partial charge on any atom is 0.246 e. The van der Waals surface area contributed by atoms with Crippen molar-refractivity contribution in [3.63, 3.8) is 0 Å². The molecule has 0 aromatic carbocycles. The Morgan fingerprint density at radius 1 is 1.53 bits per heavy atom. The number of sulfonamides is 1. The van der Waals surface area contributed by atoms with Crippen LogP contribution in [0.4, 0.5) is 5.82 Å². The molecule has 0 fully saturated rings. The van der Waals surface area contributed by atoms with Gasteiger partial charge < -0.3 is 5.73 Å². The Morgan fingerprint density at radius 2 is 2.12 bits per heavy atom. The van der Waals surface area contributed by atoms with Crippen molar-refractivity contribution in [2.75, 3.05) is 5.73 Å². The molecule has 0 amide bonds.